The van der Waals surface area contributed by atoms with E-state index in [4.69, 9.17) is 0 Å². The maximum absolute atomic E-state index is 14.3. The van der Waals surface area contributed by atoms with Crippen molar-refractivity contribution in [2.24, 2.45) is 0 Å². The molecule has 0 fully saturated rings. The van der Waals surface area contributed by atoms with Crippen LogP contribution >= 0.6 is 0 Å². The second-order valence-corrected chi connectivity index (χ2v) is 10.4. The van der Waals surface area contributed by atoms with Crippen LogP contribution in [0.1, 0.15) is 64.4 Å². The van der Waals surface area contributed by atoms with Gasteiger partial charge in [0, 0.05) is 24.6 Å². The lowest BCUT2D eigenvalue weighted by Crippen LogP contribution is -2.71. The summed E-state index contributed by atoms with van der Waals surface area (Å²) in [5.41, 5.74) is 0.914. The van der Waals surface area contributed by atoms with E-state index in [2.05, 4.69) is 31.1 Å². The van der Waals surface area contributed by atoms with Crippen molar-refractivity contribution < 1.29 is 66.9 Å². The molecule has 0 amide bonds. The van der Waals surface area contributed by atoms with Crippen molar-refractivity contribution in [2.45, 2.75) is 101 Å². The van der Waals surface area contributed by atoms with Crippen LogP contribution in [0.3, 0.4) is 0 Å². The second kappa shape index (κ2) is 15.8. The number of nitrogens with zero attached hydrogens (tertiary/aromatic N) is 2. The van der Waals surface area contributed by atoms with Gasteiger partial charge in [0.15, 0.2) is 5.82 Å². The first kappa shape index (κ1) is 39.4. The van der Waals surface area contributed by atoms with Crippen LogP contribution in [-0.2, 0) is 15.9 Å². The summed E-state index contributed by atoms with van der Waals surface area (Å²) in [6.45, 7) is 1.26. The molecule has 17 heteroatoms. The van der Waals surface area contributed by atoms with E-state index >= 15 is 0 Å². The molecule has 0 radical (unpaired) electrons. The summed E-state index contributed by atoms with van der Waals surface area (Å²) in [6, 6.07) is 2.96. The number of rotatable bonds is 21. The lowest BCUT2D eigenvalue weighted by Gasteiger charge is -2.40. The van der Waals surface area contributed by atoms with E-state index in [1.54, 1.807) is 6.92 Å². The summed E-state index contributed by atoms with van der Waals surface area (Å²) in [5.74, 6) is -31.7. The van der Waals surface area contributed by atoms with E-state index < -0.39 is 54.9 Å². The fourth-order valence-electron chi connectivity index (χ4n) is 3.88. The fraction of sp³-hybridized carbons (Fsp3) is 0.655. The van der Waals surface area contributed by atoms with Gasteiger partial charge in [0.2, 0.25) is 0 Å². The molecular formula is C29H34F12N2O3. The Labute approximate surface area is 257 Å². The topological polar surface area (TPSA) is 53.5 Å². The zero-order chi connectivity index (χ0) is 34.9. The number of aryl methyl sites for hydroxylation is 1. The molecule has 1 aromatic carbocycles. The quantitative estimate of drug-likeness (QED) is 0.0968. The Kier molecular flexibility index (Phi) is 13.6. The number of unbranched alkanes of at least 4 members (excludes halogenated alkanes) is 5. The van der Waals surface area contributed by atoms with Crippen molar-refractivity contribution in [1.29, 1.82) is 0 Å². The Morgan fingerprint density at radius 2 is 1.09 bits per heavy atom. The van der Waals surface area contributed by atoms with Gasteiger partial charge in [-0.15, -0.1) is 0 Å². The summed E-state index contributed by atoms with van der Waals surface area (Å²) in [5, 5.41) is 0. The summed E-state index contributed by atoms with van der Waals surface area (Å²) >= 11 is 0. The number of benzene rings is 1. The SMILES string of the molecule is CCCCCCCc1cnc(-c2ccc(OC(F)(F)C(F)(F)C(F)(F)C(F)(F)C(F)(F)C(F)(F)OCCOCCCC)cc2)nc1. The maximum Gasteiger partial charge on any atom is 0.471 e. The average Bonchev–Trinajstić information content (AvgIpc) is 2.99. The second-order valence-electron chi connectivity index (χ2n) is 10.4. The molecule has 0 saturated carbocycles. The molecule has 5 nitrogen and oxygen atoms in total. The van der Waals surface area contributed by atoms with Crippen molar-refractivity contribution in [1.82, 2.24) is 9.97 Å². The van der Waals surface area contributed by atoms with Crippen LogP contribution in [0.2, 0.25) is 0 Å². The molecule has 0 N–H and O–H groups in total. The van der Waals surface area contributed by atoms with Gasteiger partial charge in [-0.1, -0.05) is 46.0 Å². The standard InChI is InChI=1S/C29H34F12N2O3/c1-3-5-7-8-9-10-20-18-42-23(43-19-20)21-11-13-22(14-12-21)46-29(40,41)27(36,37)25(32,33)24(30,31)26(34,35)28(38,39)45-17-16-44-15-6-4-2/h11-14,18-19H,3-10,15-17H2,1-2H3. The first-order valence-electron chi connectivity index (χ1n) is 14.4. The number of aromatic nitrogens is 2. The third-order valence-corrected chi connectivity index (χ3v) is 6.70. The molecule has 262 valence electrons. The molecule has 0 spiro atoms. The van der Waals surface area contributed by atoms with Crippen molar-refractivity contribution in [3.8, 4) is 17.1 Å². The summed E-state index contributed by atoms with van der Waals surface area (Å²) < 4.78 is 181. The molecule has 0 unspecified atom stereocenters. The monoisotopic (exact) mass is 686 g/mol. The number of hydrogen-bond acceptors (Lipinski definition) is 5. The normalized spacial score (nSPS) is 13.7. The van der Waals surface area contributed by atoms with E-state index in [-0.39, 0.29) is 18.0 Å². The van der Waals surface area contributed by atoms with E-state index in [0.717, 1.165) is 49.8 Å². The Bertz CT molecular complexity index is 1200. The lowest BCUT2D eigenvalue weighted by atomic mass is 9.97. The largest absolute Gasteiger partial charge is 0.471 e. The van der Waals surface area contributed by atoms with Crippen LogP contribution in [0.5, 0.6) is 5.75 Å². The Morgan fingerprint density at radius 3 is 1.63 bits per heavy atom. The highest BCUT2D eigenvalue weighted by Gasteiger charge is 2.91. The molecule has 2 aromatic rings. The highest BCUT2D eigenvalue weighted by molar-refractivity contribution is 5.56. The van der Waals surface area contributed by atoms with E-state index in [1.165, 1.54) is 12.4 Å². The molecule has 0 aliphatic carbocycles. The minimum absolute atomic E-state index is 0.0439. The van der Waals surface area contributed by atoms with Crippen molar-refractivity contribution in [3.05, 3.63) is 42.2 Å². The Morgan fingerprint density at radius 1 is 0.565 bits per heavy atom. The first-order chi connectivity index (χ1) is 21.3. The van der Waals surface area contributed by atoms with Gasteiger partial charge in [-0.3, -0.25) is 0 Å². The smallest absolute Gasteiger partial charge is 0.428 e. The number of hydrogen-bond donors (Lipinski definition) is 0. The molecule has 0 aliphatic rings. The number of ether oxygens (including phenoxy) is 3. The van der Waals surface area contributed by atoms with Crippen LogP contribution in [0.15, 0.2) is 36.7 Å². The van der Waals surface area contributed by atoms with Gasteiger partial charge >= 0.3 is 35.9 Å². The van der Waals surface area contributed by atoms with Gasteiger partial charge in [-0.25, -0.2) is 9.97 Å². The van der Waals surface area contributed by atoms with Gasteiger partial charge in [0.25, 0.3) is 0 Å². The average molecular weight is 687 g/mol. The summed E-state index contributed by atoms with van der Waals surface area (Å²) in [6.07, 6.45) is -3.35. The van der Waals surface area contributed by atoms with Gasteiger partial charge in [-0.05, 0) is 49.1 Å². The van der Waals surface area contributed by atoms with Crippen LogP contribution in [-0.4, -0.2) is 65.7 Å². The zero-order valence-electron chi connectivity index (χ0n) is 24.9. The third kappa shape index (κ3) is 8.75. The summed E-state index contributed by atoms with van der Waals surface area (Å²) in [4.78, 5) is 8.19. The Hall–Kier alpha value is -2.82. The molecule has 0 aliphatic heterocycles. The van der Waals surface area contributed by atoms with Crippen LogP contribution < -0.4 is 4.74 Å². The third-order valence-electron chi connectivity index (χ3n) is 6.70. The first-order valence-corrected chi connectivity index (χ1v) is 14.4. The highest BCUT2D eigenvalue weighted by Crippen LogP contribution is 2.60. The van der Waals surface area contributed by atoms with Crippen molar-refractivity contribution in [3.63, 3.8) is 0 Å². The molecule has 2 rings (SSSR count). The van der Waals surface area contributed by atoms with E-state index in [9.17, 15) is 52.7 Å². The van der Waals surface area contributed by atoms with Crippen molar-refractivity contribution >= 4 is 0 Å². The number of halogens is 12. The van der Waals surface area contributed by atoms with E-state index in [1.807, 2.05) is 0 Å². The maximum atomic E-state index is 14.3. The molecule has 0 bridgehead atoms. The van der Waals surface area contributed by atoms with Crippen LogP contribution in [0.4, 0.5) is 52.7 Å². The van der Waals surface area contributed by atoms with Gasteiger partial charge in [0.1, 0.15) is 5.75 Å². The van der Waals surface area contributed by atoms with Crippen LogP contribution in [0.25, 0.3) is 11.4 Å². The fourth-order valence-corrected chi connectivity index (χ4v) is 3.88. The van der Waals surface area contributed by atoms with Crippen LogP contribution in [0, 0.1) is 0 Å². The molecule has 46 heavy (non-hydrogen) atoms. The van der Waals surface area contributed by atoms with E-state index in [0.29, 0.717) is 31.4 Å². The minimum atomic E-state index is -7.80. The molecule has 1 aromatic heterocycles. The summed E-state index contributed by atoms with van der Waals surface area (Å²) in [7, 11) is 0. The molecular weight excluding hydrogens is 652 g/mol. The van der Waals surface area contributed by atoms with Gasteiger partial charge in [-0.2, -0.15) is 52.7 Å². The lowest BCUT2D eigenvalue weighted by molar-refractivity contribution is -0.470. The highest BCUT2D eigenvalue weighted by atomic mass is 19.4. The predicted molar refractivity (Wildman–Crippen MR) is 142 cm³/mol. The number of alkyl halides is 12. The zero-order valence-corrected chi connectivity index (χ0v) is 24.9. The van der Waals surface area contributed by atoms with Gasteiger partial charge < -0.3 is 14.2 Å². The predicted octanol–water partition coefficient (Wildman–Crippen LogP) is 9.60. The molecule has 0 saturated heterocycles. The minimum Gasteiger partial charge on any atom is -0.428 e. The molecule has 0 atom stereocenters. The Balaban J connectivity index is 2.15. The van der Waals surface area contributed by atoms with Crippen molar-refractivity contribution in [2.75, 3.05) is 19.8 Å². The molecule has 1 heterocycles. The van der Waals surface area contributed by atoms with Gasteiger partial charge in [0.05, 0.1) is 13.2 Å².